The summed E-state index contributed by atoms with van der Waals surface area (Å²) in [5, 5.41) is 34.1. The number of hydrogen-bond donors (Lipinski definition) is 4. The topological polar surface area (TPSA) is 123 Å². The first-order valence-corrected chi connectivity index (χ1v) is 11.0. The first-order valence-electron chi connectivity index (χ1n) is 9.29. The van der Waals surface area contributed by atoms with E-state index in [0.717, 1.165) is 23.0 Å². The van der Waals surface area contributed by atoms with Gasteiger partial charge in [-0.05, 0) is 13.3 Å². The minimum absolute atomic E-state index is 0.0176. The number of nitrogens with one attached hydrogen (secondary N) is 1. The van der Waals surface area contributed by atoms with Crippen molar-refractivity contribution < 1.29 is 24.9 Å². The molecular weight excluding hydrogens is 402 g/mol. The van der Waals surface area contributed by atoms with Gasteiger partial charge >= 0.3 is 5.97 Å². The molecule has 0 spiro atoms. The highest BCUT2D eigenvalue weighted by Gasteiger charge is 2.60. The van der Waals surface area contributed by atoms with E-state index in [1.54, 1.807) is 6.92 Å². The fourth-order valence-electron chi connectivity index (χ4n) is 4.44. The third-order valence-electron chi connectivity index (χ3n) is 5.87. The van der Waals surface area contributed by atoms with Gasteiger partial charge in [0.15, 0.2) is 4.34 Å². The van der Waals surface area contributed by atoms with Crippen LogP contribution in [0.5, 0.6) is 0 Å². The number of β-lactam (4-membered cyclic amide) rings is 1. The average Bonchev–Trinajstić information content (AvgIpc) is 3.33. The summed E-state index contributed by atoms with van der Waals surface area (Å²) in [5.41, 5.74) is 0.962. The summed E-state index contributed by atoms with van der Waals surface area (Å²) in [6.45, 7) is 4.34. The van der Waals surface area contributed by atoms with Crippen LogP contribution < -0.4 is 5.32 Å². The van der Waals surface area contributed by atoms with Crippen LogP contribution in [-0.2, 0) is 9.59 Å². The molecule has 3 aliphatic rings. The monoisotopic (exact) mass is 425 g/mol. The van der Waals surface area contributed by atoms with Gasteiger partial charge in [-0.15, -0.1) is 11.3 Å². The number of aliphatic carboxylic acids is 1. The predicted octanol–water partition coefficient (Wildman–Crippen LogP) is 0.827. The number of hydrogen-bond acceptors (Lipinski definition) is 8. The number of thioether (sulfide) groups is 1. The van der Waals surface area contributed by atoms with Crippen molar-refractivity contribution in [3.8, 4) is 0 Å². The van der Waals surface area contributed by atoms with E-state index < -0.39 is 18.0 Å². The number of fused-ring (bicyclic) bond motifs is 1. The van der Waals surface area contributed by atoms with E-state index in [-0.39, 0.29) is 42.1 Å². The Labute approximate surface area is 170 Å². The second-order valence-electron chi connectivity index (χ2n) is 7.63. The molecule has 4 heterocycles. The normalized spacial score (nSPS) is 33.2. The Hall–Kier alpha value is -1.46. The Kier molecular flexibility index (Phi) is 5.25. The van der Waals surface area contributed by atoms with Crippen molar-refractivity contribution in [2.24, 2.45) is 11.8 Å². The fourth-order valence-corrected chi connectivity index (χ4v) is 6.62. The lowest BCUT2D eigenvalue weighted by Gasteiger charge is -2.46. The van der Waals surface area contributed by atoms with E-state index >= 15 is 0 Å². The SMILES string of the molecule is C[C@@H](O)[C@H]1C(=O)N2C(C(=O)O)=C(Sc3nc([C@@H]4CN[C@H](CO)C4)cs3)[C@H](C)[C@H]12. The quantitative estimate of drug-likeness (QED) is 0.494. The Morgan fingerprint density at radius 2 is 2.29 bits per heavy atom. The van der Waals surface area contributed by atoms with E-state index in [1.165, 1.54) is 28.0 Å². The van der Waals surface area contributed by atoms with Gasteiger partial charge in [0.1, 0.15) is 5.70 Å². The van der Waals surface area contributed by atoms with E-state index in [0.29, 0.717) is 4.91 Å². The molecule has 1 aromatic heterocycles. The number of rotatable bonds is 6. The number of carboxylic acid groups (broad SMARTS) is 1. The van der Waals surface area contributed by atoms with E-state index in [4.69, 9.17) is 0 Å². The molecule has 1 amide bonds. The lowest BCUT2D eigenvalue weighted by Crippen LogP contribution is -2.63. The van der Waals surface area contributed by atoms with Gasteiger partial charge in [-0.25, -0.2) is 9.78 Å². The Bertz CT molecular complexity index is 839. The third kappa shape index (κ3) is 3.07. The van der Waals surface area contributed by atoms with E-state index in [2.05, 4.69) is 10.3 Å². The van der Waals surface area contributed by atoms with Crippen LogP contribution in [0.2, 0.25) is 0 Å². The van der Waals surface area contributed by atoms with Crippen molar-refractivity contribution in [3.63, 3.8) is 0 Å². The van der Waals surface area contributed by atoms with Crippen molar-refractivity contribution >= 4 is 35.0 Å². The maximum Gasteiger partial charge on any atom is 0.353 e. The molecule has 0 unspecified atom stereocenters. The molecule has 8 nitrogen and oxygen atoms in total. The highest BCUT2D eigenvalue weighted by Crippen LogP contribution is 2.52. The van der Waals surface area contributed by atoms with Crippen LogP contribution in [0.1, 0.15) is 31.9 Å². The second kappa shape index (κ2) is 7.42. The smallest absolute Gasteiger partial charge is 0.353 e. The van der Waals surface area contributed by atoms with Crippen LogP contribution in [0.3, 0.4) is 0 Å². The van der Waals surface area contributed by atoms with Gasteiger partial charge in [0, 0.05) is 34.7 Å². The maximum absolute atomic E-state index is 12.4. The van der Waals surface area contributed by atoms with Crippen LogP contribution in [0.4, 0.5) is 0 Å². The number of carbonyl (C=O) groups excluding carboxylic acids is 1. The molecule has 0 aromatic carbocycles. The molecule has 1 aromatic rings. The van der Waals surface area contributed by atoms with Crippen LogP contribution in [0.25, 0.3) is 0 Å². The van der Waals surface area contributed by atoms with Crippen LogP contribution in [0.15, 0.2) is 20.3 Å². The van der Waals surface area contributed by atoms with Gasteiger partial charge in [0.2, 0.25) is 5.91 Å². The van der Waals surface area contributed by atoms with Crippen molar-refractivity contribution in [1.29, 1.82) is 0 Å². The Balaban J connectivity index is 1.56. The zero-order valence-electron chi connectivity index (χ0n) is 15.5. The summed E-state index contributed by atoms with van der Waals surface area (Å²) in [6.07, 6.45) is 0.0148. The van der Waals surface area contributed by atoms with Crippen molar-refractivity contribution in [2.45, 2.75) is 48.7 Å². The predicted molar refractivity (Wildman–Crippen MR) is 104 cm³/mol. The summed E-state index contributed by atoms with van der Waals surface area (Å²) in [7, 11) is 0. The minimum Gasteiger partial charge on any atom is -0.477 e. The van der Waals surface area contributed by atoms with Gasteiger partial charge in [-0.1, -0.05) is 18.7 Å². The van der Waals surface area contributed by atoms with Crippen LogP contribution in [0, 0.1) is 11.8 Å². The van der Waals surface area contributed by atoms with Gasteiger partial charge in [-0.2, -0.15) is 0 Å². The number of aromatic nitrogens is 1. The molecule has 4 rings (SSSR count). The molecule has 152 valence electrons. The lowest BCUT2D eigenvalue weighted by molar-refractivity contribution is -0.163. The highest BCUT2D eigenvalue weighted by molar-refractivity contribution is 8.04. The average molecular weight is 426 g/mol. The third-order valence-corrected chi connectivity index (χ3v) is 8.11. The maximum atomic E-state index is 12.4. The number of nitrogens with zero attached hydrogens (tertiary/aromatic N) is 2. The summed E-state index contributed by atoms with van der Waals surface area (Å²) in [5.74, 6) is -1.96. The van der Waals surface area contributed by atoms with E-state index in [9.17, 15) is 24.9 Å². The van der Waals surface area contributed by atoms with Crippen molar-refractivity contribution in [1.82, 2.24) is 15.2 Å². The summed E-state index contributed by atoms with van der Waals surface area (Å²) in [6, 6.07) is -0.226. The number of thiazole rings is 1. The lowest BCUT2D eigenvalue weighted by atomic mass is 9.79. The number of aliphatic hydroxyl groups excluding tert-OH is 2. The molecule has 3 aliphatic heterocycles. The number of amides is 1. The molecule has 0 radical (unpaired) electrons. The number of carboxylic acids is 1. The summed E-state index contributed by atoms with van der Waals surface area (Å²) < 4.78 is 0.742. The highest BCUT2D eigenvalue weighted by atomic mass is 32.2. The standard InChI is InChI=1S/C18H23N3O5S2/c1-7-13-12(8(2)23)16(24)21(13)14(17(25)26)15(7)28-18-20-11(6-27-18)9-3-10(5-22)19-4-9/h6-10,12-13,19,22-23H,3-5H2,1-2H3,(H,25,26)/t7-,8-,9+,10+,12-,13-/m1/s1. The van der Waals surface area contributed by atoms with Gasteiger partial charge in [-0.3, -0.25) is 4.79 Å². The molecule has 2 saturated heterocycles. The molecule has 28 heavy (non-hydrogen) atoms. The molecule has 4 N–H and O–H groups in total. The molecule has 2 fully saturated rings. The number of carbonyl (C=O) groups is 2. The first-order chi connectivity index (χ1) is 13.3. The molecule has 10 heteroatoms. The van der Waals surface area contributed by atoms with Gasteiger partial charge in [0.25, 0.3) is 0 Å². The summed E-state index contributed by atoms with van der Waals surface area (Å²) in [4.78, 5) is 30.9. The van der Waals surface area contributed by atoms with Gasteiger partial charge < -0.3 is 25.5 Å². The Morgan fingerprint density at radius 1 is 1.54 bits per heavy atom. The van der Waals surface area contributed by atoms with Gasteiger partial charge in [0.05, 0.1) is 30.4 Å². The van der Waals surface area contributed by atoms with Crippen molar-refractivity contribution in [3.05, 3.63) is 21.7 Å². The molecule has 0 saturated carbocycles. The Morgan fingerprint density at radius 3 is 2.89 bits per heavy atom. The largest absolute Gasteiger partial charge is 0.477 e. The molecule has 0 bridgehead atoms. The molecule has 0 aliphatic carbocycles. The second-order valence-corrected chi connectivity index (χ2v) is 9.78. The van der Waals surface area contributed by atoms with Crippen LogP contribution in [-0.4, -0.2) is 68.4 Å². The summed E-state index contributed by atoms with van der Waals surface area (Å²) >= 11 is 2.77. The van der Waals surface area contributed by atoms with E-state index in [1.807, 2.05) is 12.3 Å². The zero-order valence-corrected chi connectivity index (χ0v) is 17.2. The minimum atomic E-state index is -1.13. The van der Waals surface area contributed by atoms with Crippen LogP contribution >= 0.6 is 23.1 Å². The zero-order chi connectivity index (χ0) is 20.2. The van der Waals surface area contributed by atoms with Crippen molar-refractivity contribution in [2.75, 3.05) is 13.2 Å². The molecular formula is C18H23N3O5S2. The first kappa shape index (κ1) is 19.8. The number of aliphatic hydroxyl groups is 2. The fraction of sp³-hybridized carbons (Fsp3) is 0.611. The molecule has 6 atom stereocenters.